The van der Waals surface area contributed by atoms with Gasteiger partial charge in [-0.3, -0.25) is 4.79 Å². The highest BCUT2D eigenvalue weighted by Crippen LogP contribution is 2.44. The van der Waals surface area contributed by atoms with E-state index in [1.165, 1.54) is 18.4 Å². The van der Waals surface area contributed by atoms with Gasteiger partial charge in [-0.05, 0) is 24.3 Å². The summed E-state index contributed by atoms with van der Waals surface area (Å²) >= 11 is 1.49. The molecule has 2 aromatic rings. The van der Waals surface area contributed by atoms with Crippen molar-refractivity contribution in [1.29, 1.82) is 0 Å². The van der Waals surface area contributed by atoms with Crippen LogP contribution in [0.25, 0.3) is 10.2 Å². The van der Waals surface area contributed by atoms with Crippen LogP contribution in [0.1, 0.15) is 34.7 Å². The van der Waals surface area contributed by atoms with Crippen LogP contribution in [0.5, 0.6) is 0 Å². The Morgan fingerprint density at radius 2 is 2.29 bits per heavy atom. The Hall–Kier alpha value is -1.62. The molecular formula is C12H11NO3S. The molecule has 0 spiro atoms. The fourth-order valence-corrected chi connectivity index (χ4v) is 3.11. The molecule has 0 aromatic carbocycles. The zero-order valence-corrected chi connectivity index (χ0v) is 10.1. The second-order valence-corrected chi connectivity index (χ2v) is 5.09. The van der Waals surface area contributed by atoms with Crippen molar-refractivity contribution >= 4 is 27.5 Å². The van der Waals surface area contributed by atoms with Crippen LogP contribution in [0.3, 0.4) is 0 Å². The minimum Gasteiger partial charge on any atom is -0.465 e. The molecule has 2 aromatic heterocycles. The van der Waals surface area contributed by atoms with E-state index in [9.17, 15) is 9.59 Å². The maximum atomic E-state index is 11.6. The number of esters is 1. The Labute approximate surface area is 101 Å². The van der Waals surface area contributed by atoms with E-state index in [4.69, 9.17) is 4.74 Å². The SMILES string of the molecule is COC(=O)c1csc2c(C3CC3)cc(=O)[nH]c12. The van der Waals surface area contributed by atoms with Gasteiger partial charge in [0.1, 0.15) is 0 Å². The van der Waals surface area contributed by atoms with Gasteiger partial charge in [0.05, 0.1) is 22.9 Å². The second-order valence-electron chi connectivity index (χ2n) is 4.21. The summed E-state index contributed by atoms with van der Waals surface area (Å²) in [5.41, 5.74) is 2.00. The number of carbonyl (C=O) groups is 1. The average Bonchev–Trinajstić information content (AvgIpc) is 3.08. The van der Waals surface area contributed by atoms with E-state index in [2.05, 4.69) is 4.98 Å². The zero-order valence-electron chi connectivity index (χ0n) is 9.28. The molecule has 1 saturated carbocycles. The largest absolute Gasteiger partial charge is 0.465 e. The zero-order chi connectivity index (χ0) is 12.0. The molecule has 0 radical (unpaired) electrons. The fourth-order valence-electron chi connectivity index (χ4n) is 2.02. The molecule has 0 amide bonds. The summed E-state index contributed by atoms with van der Waals surface area (Å²) < 4.78 is 5.71. The van der Waals surface area contributed by atoms with Gasteiger partial charge in [-0.2, -0.15) is 0 Å². The molecule has 1 aliphatic carbocycles. The summed E-state index contributed by atoms with van der Waals surface area (Å²) in [5, 5.41) is 1.75. The predicted molar refractivity (Wildman–Crippen MR) is 65.8 cm³/mol. The number of thiophene rings is 1. The Bertz CT molecular complexity index is 651. The number of hydrogen-bond acceptors (Lipinski definition) is 4. The van der Waals surface area contributed by atoms with Gasteiger partial charge in [0.2, 0.25) is 5.56 Å². The van der Waals surface area contributed by atoms with Crippen LogP contribution in [0.15, 0.2) is 16.2 Å². The van der Waals surface area contributed by atoms with E-state index in [1.807, 2.05) is 0 Å². The van der Waals surface area contributed by atoms with Crippen LogP contribution in [0, 0.1) is 0 Å². The lowest BCUT2D eigenvalue weighted by Crippen LogP contribution is -2.08. The topological polar surface area (TPSA) is 59.2 Å². The monoisotopic (exact) mass is 249 g/mol. The van der Waals surface area contributed by atoms with Crippen LogP contribution in [0.4, 0.5) is 0 Å². The Balaban J connectivity index is 2.28. The van der Waals surface area contributed by atoms with E-state index in [0.717, 1.165) is 23.1 Å². The number of carbonyl (C=O) groups excluding carboxylic acids is 1. The van der Waals surface area contributed by atoms with Crippen LogP contribution < -0.4 is 5.56 Å². The van der Waals surface area contributed by atoms with Gasteiger partial charge in [0.15, 0.2) is 0 Å². The van der Waals surface area contributed by atoms with Crippen molar-refractivity contribution in [2.45, 2.75) is 18.8 Å². The number of hydrogen-bond donors (Lipinski definition) is 1. The normalized spacial score (nSPS) is 15.1. The number of rotatable bonds is 2. The number of methoxy groups -OCH3 is 1. The van der Waals surface area contributed by atoms with Gasteiger partial charge < -0.3 is 9.72 Å². The first-order chi connectivity index (χ1) is 8.20. The highest BCUT2D eigenvalue weighted by atomic mass is 32.1. The molecule has 0 atom stereocenters. The lowest BCUT2D eigenvalue weighted by Gasteiger charge is -2.01. The number of aromatic nitrogens is 1. The number of aromatic amines is 1. The van der Waals surface area contributed by atoms with E-state index >= 15 is 0 Å². The highest BCUT2D eigenvalue weighted by molar-refractivity contribution is 7.17. The first-order valence-electron chi connectivity index (χ1n) is 5.43. The van der Waals surface area contributed by atoms with Gasteiger partial charge in [-0.25, -0.2) is 4.79 Å². The summed E-state index contributed by atoms with van der Waals surface area (Å²) in [4.78, 5) is 25.9. The summed E-state index contributed by atoms with van der Waals surface area (Å²) in [7, 11) is 1.34. The molecule has 88 valence electrons. The summed E-state index contributed by atoms with van der Waals surface area (Å²) in [6.45, 7) is 0. The molecular weight excluding hydrogens is 238 g/mol. The minimum absolute atomic E-state index is 0.150. The molecule has 1 N–H and O–H groups in total. The lowest BCUT2D eigenvalue weighted by molar-refractivity contribution is 0.0603. The quantitative estimate of drug-likeness (QED) is 0.830. The number of pyridine rings is 1. The summed E-state index contributed by atoms with van der Waals surface area (Å²) in [5.74, 6) is 0.0868. The number of nitrogens with one attached hydrogen (secondary N) is 1. The lowest BCUT2D eigenvalue weighted by atomic mass is 10.1. The summed E-state index contributed by atoms with van der Waals surface area (Å²) in [6.07, 6.45) is 2.26. The smallest absolute Gasteiger partial charge is 0.340 e. The standard InChI is InChI=1S/C12H11NO3S/c1-16-12(15)8-5-17-11-7(6-2-3-6)4-9(14)13-10(8)11/h4-6H,2-3H2,1H3,(H,13,14). The fraction of sp³-hybridized carbons (Fsp3) is 0.333. The summed E-state index contributed by atoms with van der Waals surface area (Å²) in [6, 6.07) is 1.65. The van der Waals surface area contributed by atoms with Gasteiger partial charge in [0, 0.05) is 11.4 Å². The van der Waals surface area contributed by atoms with Crippen molar-refractivity contribution in [3.63, 3.8) is 0 Å². The van der Waals surface area contributed by atoms with E-state index < -0.39 is 5.97 Å². The predicted octanol–water partition coefficient (Wildman–Crippen LogP) is 2.25. The van der Waals surface area contributed by atoms with Gasteiger partial charge in [0.25, 0.3) is 0 Å². The van der Waals surface area contributed by atoms with E-state index in [-0.39, 0.29) is 5.56 Å². The molecule has 0 saturated heterocycles. The minimum atomic E-state index is -0.403. The first-order valence-corrected chi connectivity index (χ1v) is 6.31. The Kier molecular flexibility index (Phi) is 2.29. The van der Waals surface area contributed by atoms with Crippen molar-refractivity contribution < 1.29 is 9.53 Å². The Morgan fingerprint density at radius 3 is 2.94 bits per heavy atom. The molecule has 17 heavy (non-hydrogen) atoms. The number of ether oxygens (including phenoxy) is 1. The molecule has 3 rings (SSSR count). The number of fused-ring (bicyclic) bond motifs is 1. The van der Waals surface area contributed by atoms with Crippen molar-refractivity contribution in [2.75, 3.05) is 7.11 Å². The van der Waals surface area contributed by atoms with Gasteiger partial charge >= 0.3 is 5.97 Å². The van der Waals surface area contributed by atoms with E-state index in [1.54, 1.807) is 11.4 Å². The Morgan fingerprint density at radius 1 is 1.53 bits per heavy atom. The van der Waals surface area contributed by atoms with Crippen molar-refractivity contribution in [3.05, 3.63) is 32.9 Å². The molecule has 5 heteroatoms. The van der Waals surface area contributed by atoms with Crippen LogP contribution in [0.2, 0.25) is 0 Å². The van der Waals surface area contributed by atoms with Crippen LogP contribution in [-0.4, -0.2) is 18.1 Å². The maximum Gasteiger partial charge on any atom is 0.340 e. The second kappa shape index (κ2) is 3.70. The third-order valence-electron chi connectivity index (χ3n) is 3.01. The molecule has 0 bridgehead atoms. The van der Waals surface area contributed by atoms with Crippen molar-refractivity contribution in [1.82, 2.24) is 4.98 Å². The maximum absolute atomic E-state index is 11.6. The van der Waals surface area contributed by atoms with Gasteiger partial charge in [-0.1, -0.05) is 0 Å². The average molecular weight is 249 g/mol. The molecule has 0 aliphatic heterocycles. The molecule has 2 heterocycles. The van der Waals surface area contributed by atoms with Crippen LogP contribution >= 0.6 is 11.3 Å². The molecule has 1 fully saturated rings. The highest BCUT2D eigenvalue weighted by Gasteiger charge is 2.27. The van der Waals surface area contributed by atoms with Crippen molar-refractivity contribution in [2.24, 2.45) is 0 Å². The van der Waals surface area contributed by atoms with Crippen molar-refractivity contribution in [3.8, 4) is 0 Å². The first kappa shape index (κ1) is 10.5. The molecule has 1 aliphatic rings. The third kappa shape index (κ3) is 1.67. The third-order valence-corrected chi connectivity index (χ3v) is 4.04. The molecule has 4 nitrogen and oxygen atoms in total. The van der Waals surface area contributed by atoms with E-state index in [0.29, 0.717) is 17.0 Å². The van der Waals surface area contributed by atoms with Crippen LogP contribution in [-0.2, 0) is 4.74 Å². The number of H-pyrrole nitrogens is 1. The molecule has 0 unspecified atom stereocenters. The van der Waals surface area contributed by atoms with Gasteiger partial charge in [-0.15, -0.1) is 11.3 Å².